The molecule has 1 fully saturated rings. The van der Waals surface area contributed by atoms with Gasteiger partial charge in [-0.25, -0.2) is 8.78 Å². The minimum atomic E-state index is -4.85. The van der Waals surface area contributed by atoms with Gasteiger partial charge in [0.15, 0.2) is 5.82 Å². The lowest BCUT2D eigenvalue weighted by atomic mass is 10.0. The molecule has 12 heteroatoms. The van der Waals surface area contributed by atoms with Crippen LogP contribution in [-0.4, -0.2) is 47.7 Å². The molecule has 1 aromatic carbocycles. The third-order valence-corrected chi connectivity index (χ3v) is 5.26. The molecule has 0 spiro atoms. The van der Waals surface area contributed by atoms with Gasteiger partial charge in [0.25, 0.3) is 0 Å². The van der Waals surface area contributed by atoms with Crippen LogP contribution < -0.4 is 15.0 Å². The topological polar surface area (TPSA) is 87.0 Å². The molecule has 3 aromatic rings. The maximum absolute atomic E-state index is 15.5. The standard InChI is InChI=1S/C21H17F5N6O/c1-33-20-30-18-14(19(31-20)32-7-6-28-12(10-32)4-5-27)9-29-17(16(18)23)13-8-11(22)2-3-15(13)21(24,25)26/h2-3,8-9,12,28H,4,6-7,10H2,1H3. The molecule has 33 heavy (non-hydrogen) atoms. The Morgan fingerprint density at radius 2 is 2.06 bits per heavy atom. The van der Waals surface area contributed by atoms with Gasteiger partial charge in [0.05, 0.1) is 30.5 Å². The van der Waals surface area contributed by atoms with Crippen LogP contribution in [0.4, 0.5) is 27.8 Å². The number of benzene rings is 1. The van der Waals surface area contributed by atoms with E-state index >= 15 is 4.39 Å². The average Bonchev–Trinajstić information content (AvgIpc) is 2.78. The Morgan fingerprint density at radius 1 is 1.27 bits per heavy atom. The second kappa shape index (κ2) is 8.74. The zero-order valence-corrected chi connectivity index (χ0v) is 17.2. The molecule has 172 valence electrons. The molecule has 1 aliphatic heterocycles. The van der Waals surface area contributed by atoms with Gasteiger partial charge in [-0.3, -0.25) is 4.98 Å². The third-order valence-electron chi connectivity index (χ3n) is 5.26. The first-order valence-electron chi connectivity index (χ1n) is 9.85. The van der Waals surface area contributed by atoms with Crippen molar-refractivity contribution < 1.29 is 26.7 Å². The number of methoxy groups -OCH3 is 1. The summed E-state index contributed by atoms with van der Waals surface area (Å²) < 4.78 is 74.9. The van der Waals surface area contributed by atoms with Gasteiger partial charge in [-0.1, -0.05) is 0 Å². The van der Waals surface area contributed by atoms with Gasteiger partial charge in [0.1, 0.15) is 22.8 Å². The molecule has 7 nitrogen and oxygen atoms in total. The first-order chi connectivity index (χ1) is 15.7. The van der Waals surface area contributed by atoms with Gasteiger partial charge in [0, 0.05) is 37.4 Å². The van der Waals surface area contributed by atoms with E-state index < -0.39 is 34.6 Å². The summed E-state index contributed by atoms with van der Waals surface area (Å²) in [5.41, 5.74) is -2.96. The van der Waals surface area contributed by atoms with Crippen LogP contribution in [0.5, 0.6) is 6.01 Å². The van der Waals surface area contributed by atoms with Crippen molar-refractivity contribution in [3.05, 3.63) is 41.6 Å². The number of halogens is 5. The Kier molecular flexibility index (Phi) is 5.99. The molecule has 0 radical (unpaired) electrons. The highest BCUT2D eigenvalue weighted by Crippen LogP contribution is 2.39. The van der Waals surface area contributed by atoms with Crippen molar-refractivity contribution in [3.8, 4) is 23.3 Å². The molecule has 4 rings (SSSR count). The summed E-state index contributed by atoms with van der Waals surface area (Å²) in [4.78, 5) is 14.0. The van der Waals surface area contributed by atoms with E-state index in [1.807, 2.05) is 0 Å². The number of hydrogen-bond donors (Lipinski definition) is 1. The molecule has 1 atom stereocenters. The minimum absolute atomic E-state index is 0.152. The van der Waals surface area contributed by atoms with Gasteiger partial charge in [0.2, 0.25) is 0 Å². The molecule has 0 bridgehead atoms. The fourth-order valence-electron chi connectivity index (χ4n) is 3.77. The van der Waals surface area contributed by atoms with Crippen molar-refractivity contribution in [2.75, 3.05) is 31.6 Å². The molecule has 1 saturated heterocycles. The number of nitriles is 1. The van der Waals surface area contributed by atoms with Crippen molar-refractivity contribution in [2.45, 2.75) is 18.6 Å². The van der Waals surface area contributed by atoms with Gasteiger partial charge < -0.3 is 15.0 Å². The van der Waals surface area contributed by atoms with Crippen LogP contribution in [0, 0.1) is 23.0 Å². The van der Waals surface area contributed by atoms with Gasteiger partial charge in [-0.05, 0) is 18.2 Å². The summed E-state index contributed by atoms with van der Waals surface area (Å²) in [7, 11) is 1.27. The predicted molar refractivity (Wildman–Crippen MR) is 108 cm³/mol. The summed E-state index contributed by atoms with van der Waals surface area (Å²) in [6.07, 6.45) is -3.45. The molecular weight excluding hydrogens is 447 g/mol. The van der Waals surface area contributed by atoms with Crippen molar-refractivity contribution in [1.29, 1.82) is 5.26 Å². The fraction of sp³-hybridized carbons (Fsp3) is 0.333. The highest BCUT2D eigenvalue weighted by atomic mass is 19.4. The highest BCUT2D eigenvalue weighted by molar-refractivity contribution is 5.92. The average molecular weight is 464 g/mol. The van der Waals surface area contributed by atoms with Gasteiger partial charge >= 0.3 is 12.2 Å². The number of alkyl halides is 3. The van der Waals surface area contributed by atoms with Crippen LogP contribution >= 0.6 is 0 Å². The van der Waals surface area contributed by atoms with Gasteiger partial charge in [-0.15, -0.1) is 0 Å². The normalized spacial score (nSPS) is 16.6. The number of piperazine rings is 1. The number of hydrogen-bond acceptors (Lipinski definition) is 7. The SMILES string of the molecule is COc1nc(N2CCNC(CC#N)C2)c2cnc(-c3cc(F)ccc3C(F)(F)F)c(F)c2n1. The lowest BCUT2D eigenvalue weighted by molar-refractivity contribution is -0.137. The van der Waals surface area contributed by atoms with E-state index in [2.05, 4.69) is 26.3 Å². The van der Waals surface area contributed by atoms with E-state index in [0.717, 1.165) is 6.20 Å². The first-order valence-corrected chi connectivity index (χ1v) is 9.85. The maximum atomic E-state index is 15.5. The summed E-state index contributed by atoms with van der Waals surface area (Å²) >= 11 is 0. The van der Waals surface area contributed by atoms with Crippen molar-refractivity contribution >= 4 is 16.7 Å². The second-order valence-electron chi connectivity index (χ2n) is 7.36. The smallest absolute Gasteiger partial charge is 0.417 e. The number of anilines is 1. The quantitative estimate of drug-likeness (QED) is 0.590. The van der Waals surface area contributed by atoms with E-state index in [-0.39, 0.29) is 35.2 Å². The number of aromatic nitrogens is 3. The Bertz CT molecular complexity index is 1240. The number of ether oxygens (including phenoxy) is 1. The van der Waals surface area contributed by atoms with E-state index in [0.29, 0.717) is 37.8 Å². The van der Waals surface area contributed by atoms with Crippen LogP contribution in [0.25, 0.3) is 22.2 Å². The van der Waals surface area contributed by atoms with Crippen molar-refractivity contribution in [2.24, 2.45) is 0 Å². The molecule has 1 N–H and O–H groups in total. The minimum Gasteiger partial charge on any atom is -0.467 e. The second-order valence-corrected chi connectivity index (χ2v) is 7.36. The van der Waals surface area contributed by atoms with Crippen LogP contribution in [0.3, 0.4) is 0 Å². The predicted octanol–water partition coefficient (Wildman–Crippen LogP) is 3.69. The molecule has 1 unspecified atom stereocenters. The number of rotatable bonds is 4. The Balaban J connectivity index is 1.89. The van der Waals surface area contributed by atoms with E-state index in [1.165, 1.54) is 7.11 Å². The van der Waals surface area contributed by atoms with Crippen molar-refractivity contribution in [1.82, 2.24) is 20.3 Å². The first kappa shape index (κ1) is 22.6. The number of fused-ring (bicyclic) bond motifs is 1. The molecule has 2 aromatic heterocycles. The Hall–Kier alpha value is -3.59. The summed E-state index contributed by atoms with van der Waals surface area (Å²) in [5.74, 6) is -1.85. The zero-order chi connectivity index (χ0) is 23.8. The maximum Gasteiger partial charge on any atom is 0.417 e. The fourth-order valence-corrected chi connectivity index (χ4v) is 3.77. The van der Waals surface area contributed by atoms with Crippen LogP contribution in [0.15, 0.2) is 24.4 Å². The Labute approximate surface area is 184 Å². The van der Waals surface area contributed by atoms with Crippen molar-refractivity contribution in [3.63, 3.8) is 0 Å². The van der Waals surface area contributed by atoms with E-state index in [4.69, 9.17) is 10.00 Å². The molecule has 3 heterocycles. The van der Waals surface area contributed by atoms with E-state index in [9.17, 15) is 17.6 Å². The molecule has 1 aliphatic rings. The van der Waals surface area contributed by atoms with Crippen LogP contribution in [0.2, 0.25) is 0 Å². The monoisotopic (exact) mass is 464 g/mol. The van der Waals surface area contributed by atoms with Gasteiger partial charge in [-0.2, -0.15) is 28.4 Å². The molecular formula is C21H17F5N6O. The number of nitrogens with one attached hydrogen (secondary N) is 1. The van der Waals surface area contributed by atoms with E-state index in [1.54, 1.807) is 4.90 Å². The number of pyridine rings is 1. The summed E-state index contributed by atoms with van der Waals surface area (Å²) in [6.45, 7) is 1.39. The molecule has 0 aliphatic carbocycles. The summed E-state index contributed by atoms with van der Waals surface area (Å²) in [5, 5.41) is 12.3. The summed E-state index contributed by atoms with van der Waals surface area (Å²) in [6, 6.07) is 3.51. The zero-order valence-electron chi connectivity index (χ0n) is 17.2. The Morgan fingerprint density at radius 3 is 2.76 bits per heavy atom. The lowest BCUT2D eigenvalue weighted by Crippen LogP contribution is -2.51. The number of nitrogens with zero attached hydrogens (tertiary/aromatic N) is 5. The van der Waals surface area contributed by atoms with Crippen LogP contribution in [-0.2, 0) is 6.18 Å². The lowest BCUT2D eigenvalue weighted by Gasteiger charge is -2.34. The van der Waals surface area contributed by atoms with Crippen LogP contribution in [0.1, 0.15) is 12.0 Å². The third kappa shape index (κ3) is 4.36. The molecule has 0 amide bonds. The largest absolute Gasteiger partial charge is 0.467 e. The highest BCUT2D eigenvalue weighted by Gasteiger charge is 2.35. The molecule has 0 saturated carbocycles.